The monoisotopic (exact) mass is 387 g/mol. The first kappa shape index (κ1) is 20.0. The predicted octanol–water partition coefficient (Wildman–Crippen LogP) is 3.38. The first-order valence-corrected chi connectivity index (χ1v) is 9.83. The van der Waals surface area contributed by atoms with E-state index in [-0.39, 0.29) is 23.6 Å². The highest BCUT2D eigenvalue weighted by Gasteiger charge is 2.31. The zero-order valence-electron chi connectivity index (χ0n) is 16.4. The van der Waals surface area contributed by atoms with Gasteiger partial charge in [0.1, 0.15) is 5.82 Å². The fourth-order valence-electron chi connectivity index (χ4n) is 3.62. The van der Waals surface area contributed by atoms with Gasteiger partial charge in [-0.1, -0.05) is 13.3 Å². The molecule has 1 saturated heterocycles. The van der Waals surface area contributed by atoms with Gasteiger partial charge >= 0.3 is 5.97 Å². The van der Waals surface area contributed by atoms with Crippen molar-refractivity contribution in [3.05, 3.63) is 47.5 Å². The molecular weight excluding hydrogens is 361 g/mol. The Labute approximate surface area is 164 Å². The van der Waals surface area contributed by atoms with Crippen molar-refractivity contribution in [1.82, 2.24) is 14.7 Å². The minimum Gasteiger partial charge on any atom is -0.466 e. The van der Waals surface area contributed by atoms with E-state index in [2.05, 4.69) is 5.10 Å². The predicted molar refractivity (Wildman–Crippen MR) is 103 cm³/mol. The molecule has 1 aromatic carbocycles. The molecule has 2 heterocycles. The fraction of sp³-hybridized carbons (Fsp3) is 0.476. The van der Waals surface area contributed by atoms with E-state index in [9.17, 15) is 14.0 Å². The quantitative estimate of drug-likeness (QED) is 0.713. The normalized spacial score (nSPS) is 16.8. The van der Waals surface area contributed by atoms with Gasteiger partial charge < -0.3 is 9.64 Å². The summed E-state index contributed by atoms with van der Waals surface area (Å²) in [5.41, 5.74) is 2.06. The van der Waals surface area contributed by atoms with Gasteiger partial charge in [0.05, 0.1) is 35.7 Å². The molecule has 0 saturated carbocycles. The summed E-state index contributed by atoms with van der Waals surface area (Å²) < 4.78 is 20.1. The van der Waals surface area contributed by atoms with Crippen LogP contribution in [0.5, 0.6) is 0 Å². The van der Waals surface area contributed by atoms with Crippen LogP contribution in [0.4, 0.5) is 4.39 Å². The number of likely N-dealkylation sites (tertiary alicyclic amines) is 1. The average Bonchev–Trinajstić information content (AvgIpc) is 3.12. The molecule has 1 amide bonds. The number of ether oxygens (including phenoxy) is 1. The second-order valence-electron chi connectivity index (χ2n) is 6.99. The molecule has 7 heteroatoms. The summed E-state index contributed by atoms with van der Waals surface area (Å²) in [6, 6.07) is 6.05. The van der Waals surface area contributed by atoms with Crippen LogP contribution >= 0.6 is 0 Å². The van der Waals surface area contributed by atoms with E-state index < -0.39 is 0 Å². The number of carbonyl (C=O) groups excluding carboxylic acids is 2. The van der Waals surface area contributed by atoms with E-state index in [0.29, 0.717) is 37.4 Å². The van der Waals surface area contributed by atoms with Crippen LogP contribution < -0.4 is 0 Å². The molecule has 0 N–H and O–H groups in total. The lowest BCUT2D eigenvalue weighted by molar-refractivity contribution is -0.149. The van der Waals surface area contributed by atoms with Crippen LogP contribution in [0, 0.1) is 11.7 Å². The van der Waals surface area contributed by atoms with Crippen molar-refractivity contribution in [2.75, 3.05) is 19.7 Å². The number of hydrogen-bond donors (Lipinski definition) is 0. The maximum atomic E-state index is 13.3. The lowest BCUT2D eigenvalue weighted by Gasteiger charge is -2.31. The molecule has 0 radical (unpaired) electrons. The van der Waals surface area contributed by atoms with Gasteiger partial charge in [-0.2, -0.15) is 5.10 Å². The smallest absolute Gasteiger partial charge is 0.310 e. The fourth-order valence-corrected chi connectivity index (χ4v) is 3.62. The molecule has 0 aliphatic carbocycles. The van der Waals surface area contributed by atoms with Crippen LogP contribution in [-0.4, -0.2) is 46.3 Å². The second-order valence-corrected chi connectivity index (χ2v) is 6.99. The maximum Gasteiger partial charge on any atom is 0.310 e. The number of rotatable bonds is 6. The Morgan fingerprint density at radius 2 is 2.00 bits per heavy atom. The summed E-state index contributed by atoms with van der Waals surface area (Å²) in [4.78, 5) is 27.0. The Morgan fingerprint density at radius 1 is 1.25 bits per heavy atom. The van der Waals surface area contributed by atoms with Gasteiger partial charge in [0.2, 0.25) is 0 Å². The molecule has 3 rings (SSSR count). The molecule has 150 valence electrons. The van der Waals surface area contributed by atoms with Gasteiger partial charge in [-0.05, 0) is 50.5 Å². The first-order valence-electron chi connectivity index (χ1n) is 9.83. The van der Waals surface area contributed by atoms with E-state index in [4.69, 9.17) is 4.74 Å². The van der Waals surface area contributed by atoms with E-state index in [1.807, 2.05) is 6.92 Å². The van der Waals surface area contributed by atoms with Crippen molar-refractivity contribution >= 4 is 11.9 Å². The van der Waals surface area contributed by atoms with Crippen molar-refractivity contribution in [2.45, 2.75) is 39.5 Å². The minimum absolute atomic E-state index is 0.120. The molecule has 1 aromatic heterocycles. The highest BCUT2D eigenvalue weighted by atomic mass is 19.1. The number of nitrogens with zero attached hydrogens (tertiary/aromatic N) is 3. The Balaban J connectivity index is 1.85. The summed E-state index contributed by atoms with van der Waals surface area (Å²) in [7, 11) is 0. The molecule has 1 aliphatic heterocycles. The molecule has 6 nitrogen and oxygen atoms in total. The number of halogens is 1. The molecule has 0 bridgehead atoms. The Bertz CT molecular complexity index is 832. The molecular formula is C21H26FN3O3. The summed E-state index contributed by atoms with van der Waals surface area (Å²) >= 11 is 0. The zero-order valence-corrected chi connectivity index (χ0v) is 16.4. The third-order valence-corrected chi connectivity index (χ3v) is 4.99. The van der Waals surface area contributed by atoms with E-state index in [0.717, 1.165) is 25.0 Å². The lowest BCUT2D eigenvalue weighted by atomic mass is 9.97. The highest BCUT2D eigenvalue weighted by Crippen LogP contribution is 2.23. The van der Waals surface area contributed by atoms with Crippen LogP contribution in [-0.2, 0) is 16.0 Å². The van der Waals surface area contributed by atoms with Crippen LogP contribution in [0.2, 0.25) is 0 Å². The standard InChI is InChI=1S/C21H26FN3O3/c1-3-6-19-18(13-23-25(19)17-10-8-16(22)9-11-17)20(26)24-12-5-7-15(14-24)21(27)28-4-2/h8-11,13,15H,3-7,12,14H2,1-2H3/t15-/m1/s1. The molecule has 0 spiro atoms. The summed E-state index contributed by atoms with van der Waals surface area (Å²) in [5.74, 6) is -0.955. The Morgan fingerprint density at radius 3 is 2.68 bits per heavy atom. The lowest BCUT2D eigenvalue weighted by Crippen LogP contribution is -2.43. The molecule has 1 aliphatic rings. The topological polar surface area (TPSA) is 64.4 Å². The molecule has 28 heavy (non-hydrogen) atoms. The molecule has 1 fully saturated rings. The van der Waals surface area contributed by atoms with Crippen molar-refractivity contribution in [2.24, 2.45) is 5.92 Å². The molecule has 0 unspecified atom stereocenters. The van der Waals surface area contributed by atoms with E-state index in [1.165, 1.54) is 12.1 Å². The maximum absolute atomic E-state index is 13.3. The van der Waals surface area contributed by atoms with Crippen LogP contribution in [0.3, 0.4) is 0 Å². The highest BCUT2D eigenvalue weighted by molar-refractivity contribution is 5.95. The van der Waals surface area contributed by atoms with Crippen LogP contribution in [0.25, 0.3) is 5.69 Å². The SMILES string of the molecule is CCCc1c(C(=O)N2CCC[C@@H](C(=O)OCC)C2)cnn1-c1ccc(F)cc1. The van der Waals surface area contributed by atoms with Crippen molar-refractivity contribution in [3.63, 3.8) is 0 Å². The largest absolute Gasteiger partial charge is 0.466 e. The summed E-state index contributed by atoms with van der Waals surface area (Å²) in [5, 5.41) is 4.39. The van der Waals surface area contributed by atoms with Crippen molar-refractivity contribution < 1.29 is 18.7 Å². The number of piperidine rings is 1. The molecule has 1 atom stereocenters. The average molecular weight is 387 g/mol. The Kier molecular flexibility index (Phi) is 6.44. The van der Waals surface area contributed by atoms with Gasteiger partial charge in [0.25, 0.3) is 5.91 Å². The van der Waals surface area contributed by atoms with Crippen molar-refractivity contribution in [3.8, 4) is 5.69 Å². The van der Waals surface area contributed by atoms with Crippen LogP contribution in [0.15, 0.2) is 30.5 Å². The number of hydrogen-bond acceptors (Lipinski definition) is 4. The minimum atomic E-state index is -0.317. The van der Waals surface area contributed by atoms with E-state index >= 15 is 0 Å². The Hall–Kier alpha value is -2.70. The van der Waals surface area contributed by atoms with Crippen molar-refractivity contribution in [1.29, 1.82) is 0 Å². The number of carbonyl (C=O) groups is 2. The van der Waals surface area contributed by atoms with Gasteiger partial charge in [0, 0.05) is 13.1 Å². The van der Waals surface area contributed by atoms with Gasteiger partial charge in [0.15, 0.2) is 0 Å². The van der Waals surface area contributed by atoms with Gasteiger partial charge in [-0.25, -0.2) is 9.07 Å². The third-order valence-electron chi connectivity index (χ3n) is 4.99. The second kappa shape index (κ2) is 8.99. The number of benzene rings is 1. The van der Waals surface area contributed by atoms with E-state index in [1.54, 1.807) is 34.8 Å². The number of esters is 1. The van der Waals surface area contributed by atoms with Gasteiger partial charge in [-0.15, -0.1) is 0 Å². The zero-order chi connectivity index (χ0) is 20.1. The summed E-state index contributed by atoms with van der Waals surface area (Å²) in [6.07, 6.45) is 4.60. The first-order chi connectivity index (χ1) is 13.5. The molecule has 2 aromatic rings. The van der Waals surface area contributed by atoms with Crippen LogP contribution in [0.1, 0.15) is 49.2 Å². The third kappa shape index (κ3) is 4.24. The van der Waals surface area contributed by atoms with Gasteiger partial charge in [-0.3, -0.25) is 9.59 Å². The number of aromatic nitrogens is 2. The number of amides is 1. The summed E-state index contributed by atoms with van der Waals surface area (Å²) in [6.45, 7) is 5.14.